The minimum absolute atomic E-state index is 0.114. The fourth-order valence-corrected chi connectivity index (χ4v) is 2.31. The summed E-state index contributed by atoms with van der Waals surface area (Å²) < 4.78 is 5.72. The van der Waals surface area contributed by atoms with Crippen LogP contribution in [0.4, 0.5) is 0 Å². The van der Waals surface area contributed by atoms with Crippen molar-refractivity contribution in [2.75, 3.05) is 6.61 Å². The molecule has 2 unspecified atom stereocenters. The van der Waals surface area contributed by atoms with E-state index in [1.807, 2.05) is 0 Å². The van der Waals surface area contributed by atoms with Crippen LogP contribution in [-0.2, 0) is 4.74 Å². The summed E-state index contributed by atoms with van der Waals surface area (Å²) in [5.41, 5.74) is 8.72. The molecular weight excluding hydrogens is 198 g/mol. The number of rotatable bonds is 3. The topological polar surface area (TPSA) is 35.2 Å². The molecule has 0 amide bonds. The van der Waals surface area contributed by atoms with Gasteiger partial charge in [0.05, 0.1) is 6.10 Å². The van der Waals surface area contributed by atoms with E-state index in [1.165, 1.54) is 30.4 Å². The maximum atomic E-state index is 6.21. The van der Waals surface area contributed by atoms with E-state index in [9.17, 15) is 0 Å². The zero-order valence-corrected chi connectivity index (χ0v) is 9.99. The molecule has 0 saturated carbocycles. The largest absolute Gasteiger partial charge is 0.378 e. The fraction of sp³-hybridized carbons (Fsp3) is 0.571. The molecule has 0 bridgehead atoms. The average molecular weight is 219 g/mol. The van der Waals surface area contributed by atoms with Crippen molar-refractivity contribution >= 4 is 0 Å². The number of benzene rings is 1. The third-order valence-electron chi connectivity index (χ3n) is 3.26. The van der Waals surface area contributed by atoms with Crippen molar-refractivity contribution in [2.45, 2.75) is 44.8 Å². The van der Waals surface area contributed by atoms with Crippen LogP contribution in [0.25, 0.3) is 0 Å². The van der Waals surface area contributed by atoms with Crippen LogP contribution in [0.15, 0.2) is 24.3 Å². The second kappa shape index (κ2) is 5.46. The molecule has 1 aromatic rings. The summed E-state index contributed by atoms with van der Waals surface area (Å²) in [6, 6.07) is 8.58. The Morgan fingerprint density at radius 2 is 2.31 bits per heavy atom. The molecule has 2 rings (SSSR count). The first kappa shape index (κ1) is 11.6. The molecule has 1 fully saturated rings. The molecule has 1 heterocycles. The van der Waals surface area contributed by atoms with Crippen molar-refractivity contribution in [3.05, 3.63) is 35.4 Å². The Hall–Kier alpha value is -0.860. The van der Waals surface area contributed by atoms with Crippen molar-refractivity contribution in [2.24, 2.45) is 5.73 Å². The molecule has 2 nitrogen and oxygen atoms in total. The van der Waals surface area contributed by atoms with E-state index in [0.29, 0.717) is 6.10 Å². The Balaban J connectivity index is 1.94. The lowest BCUT2D eigenvalue weighted by Gasteiger charge is -2.25. The zero-order chi connectivity index (χ0) is 11.4. The van der Waals surface area contributed by atoms with Gasteiger partial charge in [0.15, 0.2) is 0 Å². The Morgan fingerprint density at radius 3 is 3.00 bits per heavy atom. The van der Waals surface area contributed by atoms with E-state index in [1.54, 1.807) is 0 Å². The molecule has 0 radical (unpaired) electrons. The second-order valence-corrected chi connectivity index (χ2v) is 4.74. The first-order valence-corrected chi connectivity index (χ1v) is 6.19. The highest BCUT2D eigenvalue weighted by Gasteiger charge is 2.18. The first-order valence-electron chi connectivity index (χ1n) is 6.19. The quantitative estimate of drug-likeness (QED) is 0.848. The van der Waals surface area contributed by atoms with Crippen LogP contribution in [-0.4, -0.2) is 12.7 Å². The van der Waals surface area contributed by atoms with Crippen molar-refractivity contribution in [3.63, 3.8) is 0 Å². The maximum absolute atomic E-state index is 6.21. The third-order valence-corrected chi connectivity index (χ3v) is 3.26. The highest BCUT2D eigenvalue weighted by Crippen LogP contribution is 2.23. The van der Waals surface area contributed by atoms with Gasteiger partial charge in [0.2, 0.25) is 0 Å². The molecule has 1 saturated heterocycles. The molecule has 1 aromatic carbocycles. The summed E-state index contributed by atoms with van der Waals surface area (Å²) >= 11 is 0. The first-order chi connectivity index (χ1) is 7.75. The lowest BCUT2D eigenvalue weighted by atomic mass is 9.96. The molecule has 1 aliphatic heterocycles. The molecule has 1 aliphatic rings. The van der Waals surface area contributed by atoms with Gasteiger partial charge in [-0.1, -0.05) is 29.8 Å². The van der Waals surface area contributed by atoms with E-state index >= 15 is 0 Å². The van der Waals surface area contributed by atoms with Crippen LogP contribution < -0.4 is 5.73 Å². The highest BCUT2D eigenvalue weighted by molar-refractivity contribution is 5.24. The molecule has 2 N–H and O–H groups in total. The minimum atomic E-state index is 0.114. The summed E-state index contributed by atoms with van der Waals surface area (Å²) in [5.74, 6) is 0. The van der Waals surface area contributed by atoms with E-state index in [0.717, 1.165) is 13.0 Å². The van der Waals surface area contributed by atoms with Gasteiger partial charge in [0.1, 0.15) is 0 Å². The van der Waals surface area contributed by atoms with Gasteiger partial charge in [-0.3, -0.25) is 0 Å². The minimum Gasteiger partial charge on any atom is -0.378 e. The van der Waals surface area contributed by atoms with Crippen molar-refractivity contribution in [1.29, 1.82) is 0 Å². The molecule has 88 valence electrons. The zero-order valence-electron chi connectivity index (χ0n) is 9.99. The number of hydrogen-bond donors (Lipinski definition) is 1. The van der Waals surface area contributed by atoms with Crippen LogP contribution >= 0.6 is 0 Å². The van der Waals surface area contributed by atoms with Gasteiger partial charge < -0.3 is 10.5 Å². The Labute approximate surface area is 97.8 Å². The lowest BCUT2D eigenvalue weighted by molar-refractivity contribution is 0.00729. The predicted molar refractivity (Wildman–Crippen MR) is 66.3 cm³/mol. The van der Waals surface area contributed by atoms with Gasteiger partial charge >= 0.3 is 0 Å². The Morgan fingerprint density at radius 1 is 1.44 bits per heavy atom. The third kappa shape index (κ3) is 3.06. The van der Waals surface area contributed by atoms with E-state index in [4.69, 9.17) is 10.5 Å². The Bertz CT molecular complexity index is 331. The smallest absolute Gasteiger partial charge is 0.0593 e. The second-order valence-electron chi connectivity index (χ2n) is 4.74. The fourth-order valence-electron chi connectivity index (χ4n) is 2.31. The van der Waals surface area contributed by atoms with E-state index < -0.39 is 0 Å². The normalized spacial score (nSPS) is 23.0. The van der Waals surface area contributed by atoms with Crippen molar-refractivity contribution in [1.82, 2.24) is 0 Å². The van der Waals surface area contributed by atoms with Gasteiger partial charge in [-0.2, -0.15) is 0 Å². The van der Waals surface area contributed by atoms with Gasteiger partial charge in [-0.05, 0) is 38.2 Å². The van der Waals surface area contributed by atoms with Crippen LogP contribution in [0.1, 0.15) is 42.9 Å². The summed E-state index contributed by atoms with van der Waals surface area (Å²) in [7, 11) is 0. The molecule has 0 spiro atoms. The molecular formula is C14H21NO. The number of ether oxygens (including phenoxy) is 1. The number of nitrogens with two attached hydrogens (primary N) is 1. The van der Waals surface area contributed by atoms with E-state index in [-0.39, 0.29) is 6.04 Å². The molecule has 0 aliphatic carbocycles. The highest BCUT2D eigenvalue weighted by atomic mass is 16.5. The van der Waals surface area contributed by atoms with Crippen LogP contribution in [0, 0.1) is 6.92 Å². The van der Waals surface area contributed by atoms with Crippen LogP contribution in [0.3, 0.4) is 0 Å². The summed E-state index contributed by atoms with van der Waals surface area (Å²) in [6.45, 7) is 3.01. The standard InChI is InChI=1S/C14H21NO/c1-11-5-4-6-12(9-11)14(15)10-13-7-2-3-8-16-13/h4-6,9,13-14H,2-3,7-8,10,15H2,1H3. The lowest BCUT2D eigenvalue weighted by Crippen LogP contribution is -2.24. The van der Waals surface area contributed by atoms with Gasteiger partial charge in [0.25, 0.3) is 0 Å². The maximum Gasteiger partial charge on any atom is 0.0593 e. The monoisotopic (exact) mass is 219 g/mol. The predicted octanol–water partition coefficient (Wildman–Crippen LogP) is 2.95. The van der Waals surface area contributed by atoms with Gasteiger partial charge in [0, 0.05) is 12.6 Å². The van der Waals surface area contributed by atoms with E-state index in [2.05, 4.69) is 31.2 Å². The number of aryl methyl sites for hydroxylation is 1. The van der Waals surface area contributed by atoms with Crippen LogP contribution in [0.5, 0.6) is 0 Å². The number of hydrogen-bond acceptors (Lipinski definition) is 2. The summed E-state index contributed by atoms with van der Waals surface area (Å²) in [4.78, 5) is 0. The van der Waals surface area contributed by atoms with Crippen molar-refractivity contribution in [3.8, 4) is 0 Å². The van der Waals surface area contributed by atoms with Gasteiger partial charge in [-0.25, -0.2) is 0 Å². The average Bonchev–Trinajstić information content (AvgIpc) is 2.30. The molecule has 16 heavy (non-hydrogen) atoms. The molecule has 2 atom stereocenters. The Kier molecular flexibility index (Phi) is 3.97. The SMILES string of the molecule is Cc1cccc(C(N)CC2CCCCO2)c1. The van der Waals surface area contributed by atoms with Crippen molar-refractivity contribution < 1.29 is 4.74 Å². The van der Waals surface area contributed by atoms with Crippen LogP contribution in [0.2, 0.25) is 0 Å². The summed E-state index contributed by atoms with van der Waals surface area (Å²) in [6.07, 6.45) is 4.97. The molecule has 0 aromatic heterocycles. The summed E-state index contributed by atoms with van der Waals surface area (Å²) in [5, 5.41) is 0. The van der Waals surface area contributed by atoms with Gasteiger partial charge in [-0.15, -0.1) is 0 Å². The molecule has 2 heteroatoms.